The lowest BCUT2D eigenvalue weighted by molar-refractivity contribution is 0.253. The van der Waals surface area contributed by atoms with Gasteiger partial charge in [-0.25, -0.2) is 0 Å². The molecule has 0 radical (unpaired) electrons. The van der Waals surface area contributed by atoms with Crippen LogP contribution in [0.3, 0.4) is 0 Å². The molecule has 0 aromatic carbocycles. The van der Waals surface area contributed by atoms with E-state index in [1.807, 2.05) is 11.3 Å². The molecule has 2 rings (SSSR count). The Labute approximate surface area is 111 Å². The summed E-state index contributed by atoms with van der Waals surface area (Å²) in [6.07, 6.45) is 9.37. The zero-order valence-corrected chi connectivity index (χ0v) is 12.1. The van der Waals surface area contributed by atoms with Crippen molar-refractivity contribution in [3.8, 4) is 0 Å². The highest BCUT2D eigenvalue weighted by Gasteiger charge is 2.32. The molecular formula is C13H20BrNS. The molecule has 1 aromatic heterocycles. The number of hydrogen-bond donors (Lipinski definition) is 1. The summed E-state index contributed by atoms with van der Waals surface area (Å²) in [6, 6.07) is 2.16. The van der Waals surface area contributed by atoms with Gasteiger partial charge in [-0.1, -0.05) is 12.8 Å². The maximum absolute atomic E-state index is 5.77. The van der Waals surface area contributed by atoms with Crippen molar-refractivity contribution in [2.45, 2.75) is 44.9 Å². The first kappa shape index (κ1) is 12.6. The van der Waals surface area contributed by atoms with E-state index in [2.05, 4.69) is 27.4 Å². The van der Waals surface area contributed by atoms with Crippen molar-refractivity contribution >= 4 is 27.3 Å². The van der Waals surface area contributed by atoms with E-state index in [4.69, 9.17) is 5.73 Å². The van der Waals surface area contributed by atoms with E-state index >= 15 is 0 Å². The van der Waals surface area contributed by atoms with Gasteiger partial charge in [0.15, 0.2) is 0 Å². The molecule has 16 heavy (non-hydrogen) atoms. The Kier molecular flexibility index (Phi) is 4.45. The minimum Gasteiger partial charge on any atom is -0.330 e. The first-order valence-corrected chi connectivity index (χ1v) is 7.85. The molecule has 0 amide bonds. The summed E-state index contributed by atoms with van der Waals surface area (Å²) in [7, 11) is 0. The van der Waals surface area contributed by atoms with Crippen molar-refractivity contribution in [3.05, 3.63) is 20.8 Å². The molecule has 0 atom stereocenters. The summed E-state index contributed by atoms with van der Waals surface area (Å²) in [4.78, 5) is 1.50. The van der Waals surface area contributed by atoms with E-state index in [9.17, 15) is 0 Å². The Bertz CT molecular complexity index is 328. The molecule has 0 aliphatic heterocycles. The summed E-state index contributed by atoms with van der Waals surface area (Å²) < 4.78 is 1.29. The van der Waals surface area contributed by atoms with Gasteiger partial charge < -0.3 is 5.73 Å². The zero-order chi connectivity index (χ0) is 11.4. The van der Waals surface area contributed by atoms with E-state index in [-0.39, 0.29) is 0 Å². The Morgan fingerprint density at radius 3 is 2.62 bits per heavy atom. The second-order valence-electron chi connectivity index (χ2n) is 4.94. The summed E-state index contributed by atoms with van der Waals surface area (Å²) in [5, 5.41) is 2.17. The monoisotopic (exact) mass is 301 g/mol. The fourth-order valence-electron chi connectivity index (χ4n) is 2.94. The molecule has 1 fully saturated rings. The van der Waals surface area contributed by atoms with Crippen LogP contribution in [0.1, 0.15) is 43.4 Å². The molecule has 1 aromatic rings. The van der Waals surface area contributed by atoms with Gasteiger partial charge >= 0.3 is 0 Å². The van der Waals surface area contributed by atoms with E-state index in [0.717, 1.165) is 6.54 Å². The SMILES string of the molecule is NCCC1(CCc2sccc2Br)CCCC1. The molecule has 1 saturated carbocycles. The van der Waals surface area contributed by atoms with Crippen LogP contribution in [-0.2, 0) is 6.42 Å². The van der Waals surface area contributed by atoms with Crippen LogP contribution in [0.25, 0.3) is 0 Å². The van der Waals surface area contributed by atoms with Gasteiger partial charge in [0.25, 0.3) is 0 Å². The van der Waals surface area contributed by atoms with Gasteiger partial charge in [-0.3, -0.25) is 0 Å². The summed E-state index contributed by atoms with van der Waals surface area (Å²) in [6.45, 7) is 0.853. The maximum Gasteiger partial charge on any atom is 0.0314 e. The largest absolute Gasteiger partial charge is 0.330 e. The van der Waals surface area contributed by atoms with Crippen molar-refractivity contribution in [1.82, 2.24) is 0 Å². The molecule has 1 nitrogen and oxygen atoms in total. The highest BCUT2D eigenvalue weighted by atomic mass is 79.9. The number of hydrogen-bond acceptors (Lipinski definition) is 2. The molecule has 1 heterocycles. The highest BCUT2D eigenvalue weighted by molar-refractivity contribution is 9.10. The van der Waals surface area contributed by atoms with Gasteiger partial charge in [0.05, 0.1) is 0 Å². The van der Waals surface area contributed by atoms with Gasteiger partial charge in [-0.2, -0.15) is 0 Å². The minimum absolute atomic E-state index is 0.568. The average Bonchev–Trinajstić information content (AvgIpc) is 2.86. The molecule has 1 aliphatic carbocycles. The number of thiophene rings is 1. The standard InChI is InChI=1S/C13H20BrNS/c14-11-4-10-16-12(11)3-7-13(8-9-15)5-1-2-6-13/h4,10H,1-3,5-9,15H2. The molecule has 2 N–H and O–H groups in total. The van der Waals surface area contributed by atoms with E-state index in [1.54, 1.807) is 0 Å². The van der Waals surface area contributed by atoms with Crippen molar-refractivity contribution in [1.29, 1.82) is 0 Å². The second kappa shape index (κ2) is 5.65. The molecule has 0 saturated heterocycles. The number of nitrogens with two attached hydrogens (primary N) is 1. The third-order valence-electron chi connectivity index (χ3n) is 3.91. The van der Waals surface area contributed by atoms with Gasteiger partial charge in [-0.05, 0) is 71.4 Å². The topological polar surface area (TPSA) is 26.0 Å². The molecule has 0 unspecified atom stereocenters. The minimum atomic E-state index is 0.568. The van der Waals surface area contributed by atoms with Crippen molar-refractivity contribution < 1.29 is 0 Å². The lowest BCUT2D eigenvalue weighted by Crippen LogP contribution is -2.21. The Balaban J connectivity index is 1.94. The first-order chi connectivity index (χ1) is 7.76. The van der Waals surface area contributed by atoms with Crippen LogP contribution in [-0.4, -0.2) is 6.54 Å². The van der Waals surface area contributed by atoms with Gasteiger partial charge in [-0.15, -0.1) is 11.3 Å². The quantitative estimate of drug-likeness (QED) is 0.859. The maximum atomic E-state index is 5.77. The van der Waals surface area contributed by atoms with Crippen LogP contribution in [0.15, 0.2) is 15.9 Å². The lowest BCUT2D eigenvalue weighted by atomic mass is 9.78. The van der Waals surface area contributed by atoms with Crippen molar-refractivity contribution in [3.63, 3.8) is 0 Å². The smallest absolute Gasteiger partial charge is 0.0314 e. The summed E-state index contributed by atoms with van der Waals surface area (Å²) in [5.74, 6) is 0. The Hall–Kier alpha value is 0.140. The molecule has 3 heteroatoms. The number of halogens is 1. The predicted molar refractivity (Wildman–Crippen MR) is 74.9 cm³/mol. The van der Waals surface area contributed by atoms with Crippen LogP contribution in [0, 0.1) is 5.41 Å². The second-order valence-corrected chi connectivity index (χ2v) is 6.79. The van der Waals surface area contributed by atoms with Crippen LogP contribution < -0.4 is 5.73 Å². The summed E-state index contributed by atoms with van der Waals surface area (Å²) >= 11 is 5.49. The fourth-order valence-corrected chi connectivity index (χ4v) is 4.49. The molecular weight excluding hydrogens is 282 g/mol. The van der Waals surface area contributed by atoms with Crippen LogP contribution >= 0.6 is 27.3 Å². The zero-order valence-electron chi connectivity index (χ0n) is 9.68. The normalized spacial score (nSPS) is 19.1. The van der Waals surface area contributed by atoms with E-state index in [0.29, 0.717) is 5.41 Å². The fraction of sp³-hybridized carbons (Fsp3) is 0.692. The Morgan fingerprint density at radius 1 is 1.31 bits per heavy atom. The summed E-state index contributed by atoms with van der Waals surface area (Å²) in [5.41, 5.74) is 6.33. The average molecular weight is 302 g/mol. The third-order valence-corrected chi connectivity index (χ3v) is 5.90. The van der Waals surface area contributed by atoms with Crippen LogP contribution in [0.4, 0.5) is 0 Å². The molecule has 1 aliphatic rings. The number of aryl methyl sites for hydroxylation is 1. The van der Waals surface area contributed by atoms with Gasteiger partial charge in [0.2, 0.25) is 0 Å². The Morgan fingerprint density at radius 2 is 2.06 bits per heavy atom. The van der Waals surface area contributed by atoms with Crippen LogP contribution in [0.2, 0.25) is 0 Å². The number of rotatable bonds is 5. The van der Waals surface area contributed by atoms with Gasteiger partial charge in [0.1, 0.15) is 0 Å². The third kappa shape index (κ3) is 2.88. The molecule has 0 spiro atoms. The van der Waals surface area contributed by atoms with Crippen molar-refractivity contribution in [2.24, 2.45) is 11.1 Å². The van der Waals surface area contributed by atoms with Gasteiger partial charge in [0, 0.05) is 9.35 Å². The van der Waals surface area contributed by atoms with Crippen LogP contribution in [0.5, 0.6) is 0 Å². The first-order valence-electron chi connectivity index (χ1n) is 6.18. The predicted octanol–water partition coefficient (Wildman–Crippen LogP) is 4.35. The van der Waals surface area contributed by atoms with Crippen molar-refractivity contribution in [2.75, 3.05) is 6.54 Å². The molecule has 90 valence electrons. The molecule has 0 bridgehead atoms. The van der Waals surface area contributed by atoms with E-state index in [1.165, 1.54) is 54.3 Å². The van der Waals surface area contributed by atoms with E-state index < -0.39 is 0 Å². The highest BCUT2D eigenvalue weighted by Crippen LogP contribution is 2.45. The lowest BCUT2D eigenvalue weighted by Gasteiger charge is -2.28.